The van der Waals surface area contributed by atoms with Gasteiger partial charge in [-0.1, -0.05) is 35.1 Å². The van der Waals surface area contributed by atoms with Crippen molar-refractivity contribution in [3.05, 3.63) is 0 Å². The summed E-state index contributed by atoms with van der Waals surface area (Å²) < 4.78 is 0. The van der Waals surface area contributed by atoms with Crippen molar-refractivity contribution < 1.29 is 0 Å². The van der Waals surface area contributed by atoms with Gasteiger partial charge >= 0.3 is 0 Å². The topological polar surface area (TPSA) is 0 Å². The number of hydrogen-bond donors (Lipinski definition) is 0. The molecule has 1 heteroatoms. The first-order valence-corrected chi connectivity index (χ1v) is 4.97. The molecule has 2 atom stereocenters. The van der Waals surface area contributed by atoms with Crippen LogP contribution >= 0.6 is 11.8 Å². The molecule has 1 aliphatic rings. The predicted molar refractivity (Wildman–Crippen MR) is 53.8 cm³/mol. The smallest absolute Gasteiger partial charge is 0.00446 e. The summed E-state index contributed by atoms with van der Waals surface area (Å²) in [4.78, 5) is 0. The Morgan fingerprint density at radius 1 is 1.20 bits per heavy atom. The SMILES string of the molecule is C.CC.CC1CCSC1C. The minimum atomic E-state index is 0. The third kappa shape index (κ3) is 4.21. The van der Waals surface area contributed by atoms with Gasteiger partial charge in [0, 0.05) is 5.25 Å². The second-order valence-electron chi connectivity index (χ2n) is 2.34. The molecular formula is C9H22S. The summed E-state index contributed by atoms with van der Waals surface area (Å²) in [6, 6.07) is 0. The molecule has 0 radical (unpaired) electrons. The van der Waals surface area contributed by atoms with Gasteiger partial charge in [-0.3, -0.25) is 0 Å². The lowest BCUT2D eigenvalue weighted by atomic mass is 10.1. The van der Waals surface area contributed by atoms with Crippen molar-refractivity contribution in [3.8, 4) is 0 Å². The van der Waals surface area contributed by atoms with Crippen molar-refractivity contribution >= 4 is 11.8 Å². The maximum absolute atomic E-state index is 2.34. The van der Waals surface area contributed by atoms with Gasteiger partial charge in [0.25, 0.3) is 0 Å². The fourth-order valence-corrected chi connectivity index (χ4v) is 2.18. The molecule has 64 valence electrons. The summed E-state index contributed by atoms with van der Waals surface area (Å²) in [5, 5.41) is 0.931. The molecule has 0 saturated carbocycles. The molecule has 0 aromatic heterocycles. The van der Waals surface area contributed by atoms with Gasteiger partial charge in [0.05, 0.1) is 0 Å². The van der Waals surface area contributed by atoms with Gasteiger partial charge in [-0.2, -0.15) is 11.8 Å². The fraction of sp³-hybridized carbons (Fsp3) is 1.00. The van der Waals surface area contributed by atoms with E-state index in [1.807, 2.05) is 13.8 Å². The monoisotopic (exact) mass is 162 g/mol. The maximum atomic E-state index is 2.34. The molecule has 1 heterocycles. The first-order valence-electron chi connectivity index (χ1n) is 3.92. The Labute approximate surface area is 70.8 Å². The van der Waals surface area contributed by atoms with E-state index in [-0.39, 0.29) is 7.43 Å². The molecule has 0 aromatic rings. The third-order valence-corrected chi connectivity index (χ3v) is 3.22. The molecular weight excluding hydrogens is 140 g/mol. The molecule has 2 unspecified atom stereocenters. The lowest BCUT2D eigenvalue weighted by molar-refractivity contribution is 0.590. The zero-order valence-corrected chi connectivity index (χ0v) is 7.79. The Bertz CT molecular complexity index is 53.7. The van der Waals surface area contributed by atoms with Crippen LogP contribution in [0.2, 0.25) is 0 Å². The van der Waals surface area contributed by atoms with Crippen molar-refractivity contribution in [1.29, 1.82) is 0 Å². The molecule has 0 amide bonds. The lowest BCUT2D eigenvalue weighted by Crippen LogP contribution is -2.00. The second-order valence-corrected chi connectivity index (χ2v) is 3.83. The molecule has 0 aliphatic carbocycles. The first-order chi connectivity index (χ1) is 4.30. The highest BCUT2D eigenvalue weighted by Gasteiger charge is 2.18. The van der Waals surface area contributed by atoms with Crippen LogP contribution in [0.4, 0.5) is 0 Å². The minimum Gasteiger partial charge on any atom is -0.159 e. The van der Waals surface area contributed by atoms with Gasteiger partial charge in [-0.05, 0) is 18.1 Å². The molecule has 0 N–H and O–H groups in total. The van der Waals surface area contributed by atoms with Crippen LogP contribution in [0.15, 0.2) is 0 Å². The van der Waals surface area contributed by atoms with Crippen LogP contribution in [-0.2, 0) is 0 Å². The van der Waals surface area contributed by atoms with Gasteiger partial charge in [0.1, 0.15) is 0 Å². The Morgan fingerprint density at radius 2 is 1.70 bits per heavy atom. The third-order valence-electron chi connectivity index (χ3n) is 1.76. The minimum absolute atomic E-state index is 0. The Balaban J connectivity index is 0. The summed E-state index contributed by atoms with van der Waals surface area (Å²) in [5.41, 5.74) is 0. The molecule has 1 saturated heterocycles. The highest BCUT2D eigenvalue weighted by Crippen LogP contribution is 2.30. The molecule has 1 fully saturated rings. The van der Waals surface area contributed by atoms with E-state index in [0.29, 0.717) is 0 Å². The Kier molecular flexibility index (Phi) is 9.68. The zero-order valence-electron chi connectivity index (χ0n) is 6.98. The van der Waals surface area contributed by atoms with E-state index >= 15 is 0 Å². The van der Waals surface area contributed by atoms with Crippen molar-refractivity contribution in [2.24, 2.45) is 5.92 Å². The highest BCUT2D eigenvalue weighted by molar-refractivity contribution is 8.00. The molecule has 0 aromatic carbocycles. The van der Waals surface area contributed by atoms with Gasteiger partial charge in [0.2, 0.25) is 0 Å². The fourth-order valence-electron chi connectivity index (χ4n) is 0.839. The normalized spacial score (nSPS) is 30.0. The molecule has 0 bridgehead atoms. The zero-order chi connectivity index (χ0) is 7.28. The molecule has 0 spiro atoms. The van der Waals surface area contributed by atoms with Crippen LogP contribution in [0.25, 0.3) is 0 Å². The van der Waals surface area contributed by atoms with Crippen molar-refractivity contribution in [3.63, 3.8) is 0 Å². The van der Waals surface area contributed by atoms with Crippen molar-refractivity contribution in [2.45, 2.75) is 46.8 Å². The van der Waals surface area contributed by atoms with Crippen LogP contribution in [0, 0.1) is 5.92 Å². The first kappa shape index (κ1) is 13.0. The number of thioether (sulfide) groups is 1. The summed E-state index contributed by atoms with van der Waals surface area (Å²) in [6.07, 6.45) is 1.44. The van der Waals surface area contributed by atoms with E-state index < -0.39 is 0 Å². The van der Waals surface area contributed by atoms with Crippen LogP contribution in [0.1, 0.15) is 41.5 Å². The molecule has 10 heavy (non-hydrogen) atoms. The van der Waals surface area contributed by atoms with Gasteiger partial charge in [-0.15, -0.1) is 0 Å². The van der Waals surface area contributed by atoms with Crippen molar-refractivity contribution in [2.75, 3.05) is 5.75 Å². The highest BCUT2D eigenvalue weighted by atomic mass is 32.2. The number of rotatable bonds is 0. The molecule has 1 rings (SSSR count). The Morgan fingerprint density at radius 3 is 1.80 bits per heavy atom. The van der Waals surface area contributed by atoms with E-state index in [0.717, 1.165) is 11.2 Å². The van der Waals surface area contributed by atoms with E-state index in [4.69, 9.17) is 0 Å². The lowest BCUT2D eigenvalue weighted by Gasteiger charge is -2.04. The summed E-state index contributed by atoms with van der Waals surface area (Å²) in [5.74, 6) is 2.37. The van der Waals surface area contributed by atoms with Crippen LogP contribution < -0.4 is 0 Å². The molecule has 1 aliphatic heterocycles. The van der Waals surface area contributed by atoms with Gasteiger partial charge in [-0.25, -0.2) is 0 Å². The van der Waals surface area contributed by atoms with E-state index in [2.05, 4.69) is 25.6 Å². The van der Waals surface area contributed by atoms with E-state index in [1.165, 1.54) is 12.2 Å². The summed E-state index contributed by atoms with van der Waals surface area (Å²) in [7, 11) is 0. The van der Waals surface area contributed by atoms with Crippen LogP contribution in [0.3, 0.4) is 0 Å². The average molecular weight is 162 g/mol. The van der Waals surface area contributed by atoms with Gasteiger partial charge in [0.15, 0.2) is 0 Å². The van der Waals surface area contributed by atoms with Crippen LogP contribution in [-0.4, -0.2) is 11.0 Å². The average Bonchev–Trinajstić information content (AvgIpc) is 2.23. The Hall–Kier alpha value is 0.350. The summed E-state index contributed by atoms with van der Waals surface area (Å²) >= 11 is 2.11. The van der Waals surface area contributed by atoms with E-state index in [9.17, 15) is 0 Å². The van der Waals surface area contributed by atoms with Crippen LogP contribution in [0.5, 0.6) is 0 Å². The quantitative estimate of drug-likeness (QED) is 0.522. The number of hydrogen-bond acceptors (Lipinski definition) is 1. The standard InChI is InChI=1S/C6H12S.C2H6.CH4/c1-5-3-4-7-6(5)2;1-2;/h5-6H,3-4H2,1-2H3;1-2H3;1H4. The predicted octanol–water partition coefficient (Wildman–Crippen LogP) is 3.81. The van der Waals surface area contributed by atoms with Gasteiger partial charge < -0.3 is 0 Å². The largest absolute Gasteiger partial charge is 0.159 e. The van der Waals surface area contributed by atoms with Crippen molar-refractivity contribution in [1.82, 2.24) is 0 Å². The summed E-state index contributed by atoms with van der Waals surface area (Å²) in [6.45, 7) is 8.66. The van der Waals surface area contributed by atoms with E-state index in [1.54, 1.807) is 0 Å². The second kappa shape index (κ2) is 7.46. The molecule has 0 nitrogen and oxygen atoms in total. The maximum Gasteiger partial charge on any atom is 0.00446 e.